The van der Waals surface area contributed by atoms with Gasteiger partial charge in [0.1, 0.15) is 5.60 Å². The topological polar surface area (TPSA) is 41.6 Å². The molecule has 1 rings (SSSR count). The van der Waals surface area contributed by atoms with Gasteiger partial charge in [0, 0.05) is 13.1 Å². The average Bonchev–Trinajstić information content (AvgIpc) is 2.24. The molecule has 1 aliphatic rings. The number of amides is 1. The summed E-state index contributed by atoms with van der Waals surface area (Å²) in [6.45, 7) is 11.6. The van der Waals surface area contributed by atoms with Crippen LogP contribution >= 0.6 is 0 Å². The molecule has 1 fully saturated rings. The Balaban J connectivity index is 2.29. The molecule has 17 heavy (non-hydrogen) atoms. The van der Waals surface area contributed by atoms with E-state index in [4.69, 9.17) is 4.74 Å². The monoisotopic (exact) mass is 242 g/mol. The minimum Gasteiger partial charge on any atom is -0.444 e. The number of nitrogens with zero attached hydrogens (tertiary/aromatic N) is 1. The molecule has 0 atom stereocenters. The highest BCUT2D eigenvalue weighted by molar-refractivity contribution is 5.68. The number of likely N-dealkylation sites (tertiary alicyclic amines) is 1. The van der Waals surface area contributed by atoms with Crippen molar-refractivity contribution < 1.29 is 9.53 Å². The second kappa shape index (κ2) is 6.24. The van der Waals surface area contributed by atoms with E-state index in [2.05, 4.69) is 12.2 Å². The van der Waals surface area contributed by atoms with Gasteiger partial charge >= 0.3 is 6.09 Å². The number of ether oxygens (including phenoxy) is 1. The number of carbonyl (C=O) groups is 1. The molecule has 1 heterocycles. The van der Waals surface area contributed by atoms with Crippen LogP contribution in [0.25, 0.3) is 0 Å². The lowest BCUT2D eigenvalue weighted by Crippen LogP contribution is -2.43. The number of nitrogens with one attached hydrogen (secondary N) is 1. The van der Waals surface area contributed by atoms with Gasteiger partial charge in [0.2, 0.25) is 0 Å². The third-order valence-corrected chi connectivity index (χ3v) is 2.95. The van der Waals surface area contributed by atoms with Crippen LogP contribution in [0.2, 0.25) is 0 Å². The predicted molar refractivity (Wildman–Crippen MR) is 69.1 cm³/mol. The molecule has 0 aliphatic carbocycles. The first-order valence-electron chi connectivity index (χ1n) is 6.61. The standard InChI is InChI=1S/C13H26N2O2/c1-5-14-10-11-6-8-15(9-7-11)12(16)17-13(2,3)4/h11,14H,5-10H2,1-4H3. The largest absolute Gasteiger partial charge is 0.444 e. The van der Waals surface area contributed by atoms with Crippen LogP contribution in [0.15, 0.2) is 0 Å². The lowest BCUT2D eigenvalue weighted by molar-refractivity contribution is 0.0184. The second-order valence-electron chi connectivity index (χ2n) is 5.72. The van der Waals surface area contributed by atoms with Gasteiger partial charge in [-0.1, -0.05) is 6.92 Å². The van der Waals surface area contributed by atoms with E-state index in [0.29, 0.717) is 5.92 Å². The van der Waals surface area contributed by atoms with Crippen molar-refractivity contribution in [3.05, 3.63) is 0 Å². The van der Waals surface area contributed by atoms with E-state index in [1.807, 2.05) is 25.7 Å². The first kappa shape index (κ1) is 14.3. The third kappa shape index (κ3) is 5.39. The van der Waals surface area contributed by atoms with Crippen molar-refractivity contribution in [2.45, 2.75) is 46.1 Å². The maximum atomic E-state index is 11.8. The van der Waals surface area contributed by atoms with Crippen molar-refractivity contribution in [1.82, 2.24) is 10.2 Å². The molecular formula is C13H26N2O2. The molecule has 0 spiro atoms. The summed E-state index contributed by atoms with van der Waals surface area (Å²) in [5, 5.41) is 3.37. The smallest absolute Gasteiger partial charge is 0.410 e. The fourth-order valence-electron chi connectivity index (χ4n) is 1.99. The Hall–Kier alpha value is -0.770. The number of rotatable bonds is 3. The minimum absolute atomic E-state index is 0.167. The zero-order valence-corrected chi connectivity index (χ0v) is 11.6. The van der Waals surface area contributed by atoms with Crippen LogP contribution in [0.3, 0.4) is 0 Å². The Morgan fingerprint density at radius 2 is 1.94 bits per heavy atom. The number of carbonyl (C=O) groups excluding carboxylic acids is 1. The maximum Gasteiger partial charge on any atom is 0.410 e. The molecule has 0 bridgehead atoms. The third-order valence-electron chi connectivity index (χ3n) is 2.95. The van der Waals surface area contributed by atoms with E-state index in [-0.39, 0.29) is 6.09 Å². The zero-order valence-electron chi connectivity index (χ0n) is 11.6. The molecule has 4 nitrogen and oxygen atoms in total. The molecule has 0 saturated carbocycles. The van der Waals surface area contributed by atoms with Crippen LogP contribution in [-0.4, -0.2) is 42.8 Å². The lowest BCUT2D eigenvalue weighted by atomic mass is 9.97. The first-order chi connectivity index (χ1) is 7.92. The molecule has 1 N–H and O–H groups in total. The van der Waals surface area contributed by atoms with Gasteiger partial charge in [-0.15, -0.1) is 0 Å². The van der Waals surface area contributed by atoms with Gasteiger partial charge in [-0.2, -0.15) is 0 Å². The quantitative estimate of drug-likeness (QED) is 0.825. The van der Waals surface area contributed by atoms with E-state index >= 15 is 0 Å². The van der Waals surface area contributed by atoms with Crippen molar-refractivity contribution in [1.29, 1.82) is 0 Å². The fourth-order valence-corrected chi connectivity index (χ4v) is 1.99. The van der Waals surface area contributed by atoms with Crippen molar-refractivity contribution in [2.75, 3.05) is 26.2 Å². The minimum atomic E-state index is -0.391. The fraction of sp³-hybridized carbons (Fsp3) is 0.923. The number of hydrogen-bond donors (Lipinski definition) is 1. The van der Waals surface area contributed by atoms with E-state index in [9.17, 15) is 4.79 Å². The Labute approximate surface area is 105 Å². The van der Waals surface area contributed by atoms with Crippen molar-refractivity contribution in [2.24, 2.45) is 5.92 Å². The van der Waals surface area contributed by atoms with Gasteiger partial charge < -0.3 is 15.0 Å². The number of hydrogen-bond acceptors (Lipinski definition) is 3. The summed E-state index contributed by atoms with van der Waals surface area (Å²) in [5.41, 5.74) is -0.391. The Bertz CT molecular complexity index is 240. The molecule has 0 radical (unpaired) electrons. The highest BCUT2D eigenvalue weighted by atomic mass is 16.6. The predicted octanol–water partition coefficient (Wildman–Crippen LogP) is 2.24. The number of piperidine rings is 1. The van der Waals surface area contributed by atoms with Crippen LogP contribution in [-0.2, 0) is 4.74 Å². The Morgan fingerprint density at radius 3 is 2.41 bits per heavy atom. The molecular weight excluding hydrogens is 216 g/mol. The summed E-state index contributed by atoms with van der Waals surface area (Å²) in [6.07, 6.45) is 1.98. The van der Waals surface area contributed by atoms with Crippen molar-refractivity contribution in [3.63, 3.8) is 0 Å². The summed E-state index contributed by atoms with van der Waals surface area (Å²) in [7, 11) is 0. The summed E-state index contributed by atoms with van der Waals surface area (Å²) in [6, 6.07) is 0. The van der Waals surface area contributed by atoms with Gasteiger partial charge in [-0.3, -0.25) is 0 Å². The molecule has 0 aromatic heterocycles. The molecule has 0 unspecified atom stereocenters. The van der Waals surface area contributed by atoms with Gasteiger partial charge in [0.25, 0.3) is 0 Å². The molecule has 4 heteroatoms. The van der Waals surface area contributed by atoms with E-state index in [1.165, 1.54) is 0 Å². The van der Waals surface area contributed by atoms with E-state index < -0.39 is 5.60 Å². The summed E-state index contributed by atoms with van der Waals surface area (Å²) in [5.74, 6) is 0.702. The van der Waals surface area contributed by atoms with Crippen LogP contribution in [0.5, 0.6) is 0 Å². The highest BCUT2D eigenvalue weighted by Gasteiger charge is 2.26. The van der Waals surface area contributed by atoms with Crippen LogP contribution in [0, 0.1) is 5.92 Å². The van der Waals surface area contributed by atoms with Gasteiger partial charge in [0.15, 0.2) is 0 Å². The molecule has 0 aromatic carbocycles. The first-order valence-corrected chi connectivity index (χ1v) is 6.61. The maximum absolute atomic E-state index is 11.8. The lowest BCUT2D eigenvalue weighted by Gasteiger charge is -2.33. The summed E-state index contributed by atoms with van der Waals surface area (Å²) in [4.78, 5) is 13.6. The van der Waals surface area contributed by atoms with Gasteiger partial charge in [0.05, 0.1) is 0 Å². The Kier molecular flexibility index (Phi) is 5.25. The van der Waals surface area contributed by atoms with Crippen LogP contribution < -0.4 is 5.32 Å². The SMILES string of the molecule is CCNCC1CCN(C(=O)OC(C)(C)C)CC1. The van der Waals surface area contributed by atoms with Crippen LogP contribution in [0.4, 0.5) is 4.79 Å². The van der Waals surface area contributed by atoms with E-state index in [0.717, 1.165) is 39.0 Å². The summed E-state index contributed by atoms with van der Waals surface area (Å²) >= 11 is 0. The van der Waals surface area contributed by atoms with Gasteiger partial charge in [-0.25, -0.2) is 4.79 Å². The van der Waals surface area contributed by atoms with Crippen molar-refractivity contribution >= 4 is 6.09 Å². The van der Waals surface area contributed by atoms with Crippen LogP contribution in [0.1, 0.15) is 40.5 Å². The molecule has 1 saturated heterocycles. The normalized spacial score (nSPS) is 18.2. The second-order valence-corrected chi connectivity index (χ2v) is 5.72. The van der Waals surface area contributed by atoms with E-state index in [1.54, 1.807) is 0 Å². The summed E-state index contributed by atoms with van der Waals surface area (Å²) < 4.78 is 5.36. The molecule has 0 aromatic rings. The highest BCUT2D eigenvalue weighted by Crippen LogP contribution is 2.18. The molecule has 1 amide bonds. The molecule has 100 valence electrons. The Morgan fingerprint density at radius 1 is 1.35 bits per heavy atom. The van der Waals surface area contributed by atoms with Crippen molar-refractivity contribution in [3.8, 4) is 0 Å². The molecule has 1 aliphatic heterocycles. The zero-order chi connectivity index (χ0) is 12.9. The average molecular weight is 242 g/mol. The van der Waals surface area contributed by atoms with Gasteiger partial charge in [-0.05, 0) is 52.6 Å².